The zero-order valence-corrected chi connectivity index (χ0v) is 24.4. The number of hydrogen-bond donors (Lipinski definition) is 2. The van der Waals surface area contributed by atoms with Crippen LogP contribution in [0.5, 0.6) is 5.75 Å². The number of amides is 1. The highest BCUT2D eigenvalue weighted by Crippen LogP contribution is 2.40. The van der Waals surface area contributed by atoms with Gasteiger partial charge in [-0.3, -0.25) is 4.79 Å². The lowest BCUT2D eigenvalue weighted by atomic mass is 9.79. The van der Waals surface area contributed by atoms with Crippen LogP contribution in [0.3, 0.4) is 0 Å². The van der Waals surface area contributed by atoms with Gasteiger partial charge in [-0.25, -0.2) is 33.5 Å². The first-order valence-electron chi connectivity index (χ1n) is 14.8. The molecule has 2 fully saturated rings. The average Bonchev–Trinajstić information content (AvgIpc) is 3.45. The van der Waals surface area contributed by atoms with E-state index in [0.717, 1.165) is 31.5 Å². The molecule has 1 saturated heterocycles. The van der Waals surface area contributed by atoms with Gasteiger partial charge in [-0.1, -0.05) is 0 Å². The Bertz CT molecular complexity index is 1610. The van der Waals surface area contributed by atoms with E-state index in [1.807, 2.05) is 6.07 Å². The maximum Gasteiger partial charge on any atom is 0.434 e. The summed E-state index contributed by atoms with van der Waals surface area (Å²) in [5.41, 5.74) is -3.29. The van der Waals surface area contributed by atoms with Gasteiger partial charge in [-0.15, -0.1) is 0 Å². The van der Waals surface area contributed by atoms with Gasteiger partial charge in [0.05, 0.1) is 5.56 Å². The third kappa shape index (κ3) is 6.37. The number of nitrogens with zero attached hydrogens (tertiary/aromatic N) is 6. The van der Waals surface area contributed by atoms with Gasteiger partial charge in [0.1, 0.15) is 17.4 Å². The average molecular weight is 648 g/mol. The molecule has 4 heterocycles. The number of fused-ring (bicyclic) bond motifs is 1. The summed E-state index contributed by atoms with van der Waals surface area (Å²) >= 11 is 0. The summed E-state index contributed by atoms with van der Waals surface area (Å²) in [6, 6.07) is 7.05. The lowest BCUT2D eigenvalue weighted by Gasteiger charge is -2.37. The smallest absolute Gasteiger partial charge is 0.434 e. The van der Waals surface area contributed by atoms with Crippen LogP contribution in [0.25, 0.3) is 0 Å². The van der Waals surface area contributed by atoms with Crippen LogP contribution in [0, 0.1) is 0 Å². The molecule has 16 heteroatoms. The molecule has 46 heavy (non-hydrogen) atoms. The maximum atomic E-state index is 14.2. The summed E-state index contributed by atoms with van der Waals surface area (Å²) in [5, 5.41) is 11.8. The van der Waals surface area contributed by atoms with Crippen molar-refractivity contribution in [2.45, 2.75) is 68.7 Å². The minimum Gasteiger partial charge on any atom is -0.490 e. The Hall–Kier alpha value is -4.63. The van der Waals surface area contributed by atoms with Crippen molar-refractivity contribution >= 4 is 29.5 Å². The zero-order valence-electron chi connectivity index (χ0n) is 24.4. The van der Waals surface area contributed by atoms with E-state index >= 15 is 0 Å². The fraction of sp³-hybridized carbons (Fsp3) is 0.467. The monoisotopic (exact) mass is 647 g/mol. The standard InChI is InChI=1S/C30H30F5N7O4/c31-29(32)9-7-28(8-10-29,25(44)45)40-24(43)21-17-38-27(39-23(21)30(33,34)35)42-15-4-18-16-20(2-3-22(18)42)46-19-5-13-41(14-6-19)26-36-11-1-12-37-26/h1-3,11-12,16-17,19H,4-10,13-15H2,(H,40,43)(H,44,45). The number of carboxylic acids is 1. The van der Waals surface area contributed by atoms with Gasteiger partial charge in [-0.2, -0.15) is 13.2 Å². The Morgan fingerprint density at radius 3 is 2.33 bits per heavy atom. The third-order valence-electron chi connectivity index (χ3n) is 8.65. The molecule has 3 aliphatic rings. The van der Waals surface area contributed by atoms with Crippen LogP contribution >= 0.6 is 0 Å². The predicted molar refractivity (Wildman–Crippen MR) is 153 cm³/mol. The van der Waals surface area contributed by atoms with Gasteiger partial charge in [0.25, 0.3) is 5.91 Å². The summed E-state index contributed by atoms with van der Waals surface area (Å²) in [4.78, 5) is 44.8. The van der Waals surface area contributed by atoms with Crippen LogP contribution in [0.4, 0.5) is 39.5 Å². The summed E-state index contributed by atoms with van der Waals surface area (Å²) in [5.74, 6) is -5.13. The fourth-order valence-corrected chi connectivity index (χ4v) is 6.08. The van der Waals surface area contributed by atoms with Gasteiger partial charge in [0.2, 0.25) is 17.8 Å². The van der Waals surface area contributed by atoms with Gasteiger partial charge in [-0.05, 0) is 49.1 Å². The molecule has 244 valence electrons. The van der Waals surface area contributed by atoms with Crippen molar-refractivity contribution in [3.05, 3.63) is 59.7 Å². The number of carbonyl (C=O) groups is 2. The second-order valence-corrected chi connectivity index (χ2v) is 11.7. The minimum absolute atomic E-state index is 0.0303. The number of benzene rings is 1. The Balaban J connectivity index is 1.16. The van der Waals surface area contributed by atoms with Crippen LogP contribution in [-0.2, 0) is 17.4 Å². The molecular formula is C30H30F5N7O4. The Labute approximate surface area is 259 Å². The number of carbonyl (C=O) groups excluding carboxylic acids is 1. The van der Waals surface area contributed by atoms with Crippen molar-refractivity contribution in [2.24, 2.45) is 0 Å². The van der Waals surface area contributed by atoms with Crippen molar-refractivity contribution in [2.75, 3.05) is 29.4 Å². The molecule has 2 N–H and O–H groups in total. The van der Waals surface area contributed by atoms with E-state index in [4.69, 9.17) is 4.74 Å². The molecule has 0 unspecified atom stereocenters. The van der Waals surface area contributed by atoms with Crippen molar-refractivity contribution in [3.8, 4) is 5.75 Å². The number of carboxylic acid groups (broad SMARTS) is 1. The second kappa shape index (κ2) is 11.9. The number of ether oxygens (including phenoxy) is 1. The highest BCUT2D eigenvalue weighted by molar-refractivity contribution is 5.98. The Morgan fingerprint density at radius 2 is 1.67 bits per heavy atom. The summed E-state index contributed by atoms with van der Waals surface area (Å²) in [6.45, 7) is 1.73. The summed E-state index contributed by atoms with van der Waals surface area (Å²) < 4.78 is 76.1. The van der Waals surface area contributed by atoms with Gasteiger partial charge < -0.3 is 25.0 Å². The van der Waals surface area contributed by atoms with Crippen LogP contribution in [0.15, 0.2) is 42.9 Å². The Morgan fingerprint density at radius 1 is 0.978 bits per heavy atom. The number of halogens is 5. The lowest BCUT2D eigenvalue weighted by Crippen LogP contribution is -2.57. The first-order chi connectivity index (χ1) is 21.8. The molecule has 2 aliphatic heterocycles. The molecule has 2 aromatic heterocycles. The van der Waals surface area contributed by atoms with Gasteiger partial charge in [0.15, 0.2) is 5.69 Å². The number of hydrogen-bond acceptors (Lipinski definition) is 9. The number of rotatable bonds is 7. The molecule has 6 rings (SSSR count). The summed E-state index contributed by atoms with van der Waals surface area (Å²) in [6.07, 6.45) is -1.98. The van der Waals surface area contributed by atoms with E-state index in [1.165, 1.54) is 4.90 Å². The molecule has 11 nitrogen and oxygen atoms in total. The highest BCUT2D eigenvalue weighted by Gasteiger charge is 2.50. The van der Waals surface area contributed by atoms with E-state index in [-0.39, 0.29) is 18.6 Å². The molecule has 1 aliphatic carbocycles. The van der Waals surface area contributed by atoms with Crippen molar-refractivity contribution < 1.29 is 41.4 Å². The first kappa shape index (κ1) is 31.4. The molecular weight excluding hydrogens is 617 g/mol. The van der Waals surface area contributed by atoms with Crippen LogP contribution in [0.1, 0.15) is 60.1 Å². The number of aliphatic carboxylic acids is 1. The number of nitrogens with one attached hydrogen (secondary N) is 1. The maximum absolute atomic E-state index is 14.2. The minimum atomic E-state index is -5.09. The Kier molecular flexibility index (Phi) is 8.14. The molecule has 0 radical (unpaired) electrons. The normalized spacial score (nSPS) is 19.4. The van der Waals surface area contributed by atoms with Crippen molar-refractivity contribution in [3.63, 3.8) is 0 Å². The number of aromatic nitrogens is 4. The van der Waals surface area contributed by atoms with E-state index in [1.54, 1.807) is 30.6 Å². The molecule has 0 atom stereocenters. The number of alkyl halides is 5. The highest BCUT2D eigenvalue weighted by atomic mass is 19.4. The van der Waals surface area contributed by atoms with Crippen LogP contribution in [0.2, 0.25) is 0 Å². The quantitative estimate of drug-likeness (QED) is 0.345. The van der Waals surface area contributed by atoms with E-state index in [2.05, 4.69) is 30.2 Å². The van der Waals surface area contributed by atoms with E-state index < -0.39 is 66.5 Å². The van der Waals surface area contributed by atoms with E-state index in [0.29, 0.717) is 30.0 Å². The molecule has 3 aromatic rings. The van der Waals surface area contributed by atoms with Crippen LogP contribution < -0.4 is 19.9 Å². The molecule has 1 amide bonds. The molecule has 1 saturated carbocycles. The number of anilines is 3. The fourth-order valence-electron chi connectivity index (χ4n) is 6.08. The number of piperidine rings is 1. The van der Waals surface area contributed by atoms with Crippen molar-refractivity contribution in [1.29, 1.82) is 0 Å². The first-order valence-corrected chi connectivity index (χ1v) is 14.8. The SMILES string of the molecule is O=C(NC1(C(=O)O)CCC(F)(F)CC1)c1cnc(N2CCc3cc(OC4CCN(c5ncccn5)CC4)ccc32)nc1C(F)(F)F. The zero-order chi connectivity index (χ0) is 32.7. The topological polar surface area (TPSA) is 134 Å². The van der Waals surface area contributed by atoms with Crippen molar-refractivity contribution in [1.82, 2.24) is 25.3 Å². The molecule has 1 aromatic carbocycles. The second-order valence-electron chi connectivity index (χ2n) is 11.7. The molecule has 0 spiro atoms. The lowest BCUT2D eigenvalue weighted by molar-refractivity contribution is -0.150. The van der Waals surface area contributed by atoms with E-state index in [9.17, 15) is 36.6 Å². The third-order valence-corrected chi connectivity index (χ3v) is 8.65. The molecule has 0 bridgehead atoms. The predicted octanol–water partition coefficient (Wildman–Crippen LogP) is 4.79. The summed E-state index contributed by atoms with van der Waals surface area (Å²) in [7, 11) is 0. The van der Waals surface area contributed by atoms with Gasteiger partial charge in [0, 0.05) is 69.6 Å². The van der Waals surface area contributed by atoms with Crippen LogP contribution in [-0.4, -0.2) is 74.1 Å². The van der Waals surface area contributed by atoms with Gasteiger partial charge >= 0.3 is 12.1 Å². The largest absolute Gasteiger partial charge is 0.490 e.